The lowest BCUT2D eigenvalue weighted by atomic mass is 10.2. The molecule has 0 bridgehead atoms. The Hall–Kier alpha value is -1.16. The van der Waals surface area contributed by atoms with Crippen molar-refractivity contribution in [2.24, 2.45) is 0 Å². The van der Waals surface area contributed by atoms with E-state index in [1.165, 1.54) is 11.8 Å². The maximum atomic E-state index is 11.8. The highest BCUT2D eigenvalue weighted by Gasteiger charge is 2.22. The molecular formula is C13H19NO2S. The van der Waals surface area contributed by atoms with Crippen LogP contribution in [0.2, 0.25) is 0 Å². The van der Waals surface area contributed by atoms with Gasteiger partial charge in [0, 0.05) is 10.6 Å². The summed E-state index contributed by atoms with van der Waals surface area (Å²) in [6.07, 6.45) is 0. The van der Waals surface area contributed by atoms with Crippen molar-refractivity contribution < 1.29 is 9.53 Å². The normalized spacial score (nSPS) is 13.2. The SMILES string of the molecule is CC(Sc1ccc(N)cc1)C(=O)OC(C)(C)C. The fourth-order valence-electron chi connectivity index (χ4n) is 1.18. The van der Waals surface area contributed by atoms with Gasteiger partial charge in [0.25, 0.3) is 0 Å². The van der Waals surface area contributed by atoms with Gasteiger partial charge in [-0.3, -0.25) is 4.79 Å². The molecule has 0 fully saturated rings. The van der Waals surface area contributed by atoms with Gasteiger partial charge in [0.15, 0.2) is 0 Å². The van der Waals surface area contributed by atoms with E-state index < -0.39 is 5.60 Å². The molecular weight excluding hydrogens is 234 g/mol. The molecule has 2 N–H and O–H groups in total. The minimum absolute atomic E-state index is 0.195. The first kappa shape index (κ1) is 13.9. The minimum atomic E-state index is -0.437. The second-order valence-corrected chi connectivity index (χ2v) is 6.28. The predicted molar refractivity (Wildman–Crippen MR) is 72.0 cm³/mol. The van der Waals surface area contributed by atoms with Gasteiger partial charge in [-0.25, -0.2) is 0 Å². The third kappa shape index (κ3) is 5.13. The number of thioether (sulfide) groups is 1. The smallest absolute Gasteiger partial charge is 0.319 e. The first-order valence-corrected chi connectivity index (χ1v) is 6.41. The number of benzene rings is 1. The molecule has 1 atom stereocenters. The van der Waals surface area contributed by atoms with Crippen molar-refractivity contribution in [2.75, 3.05) is 5.73 Å². The van der Waals surface area contributed by atoms with Crippen LogP contribution in [0, 0.1) is 0 Å². The van der Waals surface area contributed by atoms with E-state index in [4.69, 9.17) is 10.5 Å². The lowest BCUT2D eigenvalue weighted by Crippen LogP contribution is -2.28. The number of carbonyl (C=O) groups excluding carboxylic acids is 1. The molecule has 0 radical (unpaired) electrons. The van der Waals surface area contributed by atoms with Gasteiger partial charge in [0.2, 0.25) is 0 Å². The summed E-state index contributed by atoms with van der Waals surface area (Å²) in [5, 5.41) is -0.224. The Labute approximate surface area is 107 Å². The number of rotatable bonds is 3. The van der Waals surface area contributed by atoms with Gasteiger partial charge in [-0.1, -0.05) is 0 Å². The molecule has 0 aromatic heterocycles. The third-order valence-electron chi connectivity index (χ3n) is 1.93. The van der Waals surface area contributed by atoms with Crippen LogP contribution in [0.1, 0.15) is 27.7 Å². The minimum Gasteiger partial charge on any atom is -0.459 e. The van der Waals surface area contributed by atoms with E-state index >= 15 is 0 Å². The van der Waals surface area contributed by atoms with Crippen molar-refractivity contribution in [3.05, 3.63) is 24.3 Å². The highest BCUT2D eigenvalue weighted by atomic mass is 32.2. The molecule has 4 heteroatoms. The molecule has 0 aliphatic carbocycles. The van der Waals surface area contributed by atoms with E-state index in [9.17, 15) is 4.79 Å². The zero-order valence-electron chi connectivity index (χ0n) is 10.7. The van der Waals surface area contributed by atoms with E-state index in [0.29, 0.717) is 0 Å². The Balaban J connectivity index is 2.57. The topological polar surface area (TPSA) is 52.3 Å². The zero-order valence-corrected chi connectivity index (χ0v) is 11.5. The molecule has 0 spiro atoms. The number of carbonyl (C=O) groups is 1. The van der Waals surface area contributed by atoms with Crippen molar-refractivity contribution >= 4 is 23.4 Å². The van der Waals surface area contributed by atoms with Crippen LogP contribution < -0.4 is 5.73 Å². The van der Waals surface area contributed by atoms with Gasteiger partial charge in [-0.15, -0.1) is 11.8 Å². The molecule has 94 valence electrons. The summed E-state index contributed by atoms with van der Waals surface area (Å²) in [6, 6.07) is 7.45. The molecule has 1 aromatic rings. The van der Waals surface area contributed by atoms with Crippen LogP contribution in [0.25, 0.3) is 0 Å². The van der Waals surface area contributed by atoms with Gasteiger partial charge in [-0.2, -0.15) is 0 Å². The summed E-state index contributed by atoms with van der Waals surface area (Å²) in [4.78, 5) is 12.8. The monoisotopic (exact) mass is 253 g/mol. The zero-order chi connectivity index (χ0) is 13.1. The fourth-order valence-corrected chi connectivity index (χ4v) is 2.03. The molecule has 0 amide bonds. The second-order valence-electron chi connectivity index (χ2n) is 4.86. The van der Waals surface area contributed by atoms with Crippen LogP contribution in [-0.4, -0.2) is 16.8 Å². The number of esters is 1. The van der Waals surface area contributed by atoms with Crippen LogP contribution in [-0.2, 0) is 9.53 Å². The molecule has 0 aliphatic rings. The van der Waals surface area contributed by atoms with Crippen LogP contribution in [0.5, 0.6) is 0 Å². The molecule has 1 aromatic carbocycles. The fraction of sp³-hybridized carbons (Fsp3) is 0.462. The van der Waals surface area contributed by atoms with Gasteiger partial charge in [0.1, 0.15) is 10.9 Å². The summed E-state index contributed by atoms with van der Waals surface area (Å²) < 4.78 is 5.31. The van der Waals surface area contributed by atoms with Gasteiger partial charge >= 0.3 is 5.97 Å². The number of anilines is 1. The Morgan fingerprint density at radius 3 is 2.29 bits per heavy atom. The maximum Gasteiger partial charge on any atom is 0.319 e. The number of hydrogen-bond donors (Lipinski definition) is 1. The average molecular weight is 253 g/mol. The van der Waals surface area contributed by atoms with E-state index in [0.717, 1.165) is 10.6 Å². The second kappa shape index (κ2) is 5.45. The summed E-state index contributed by atoms with van der Waals surface area (Å²) in [6.45, 7) is 7.44. The first-order valence-electron chi connectivity index (χ1n) is 5.53. The third-order valence-corrected chi connectivity index (χ3v) is 3.02. The highest BCUT2D eigenvalue weighted by Crippen LogP contribution is 2.25. The van der Waals surface area contributed by atoms with E-state index in [1.807, 2.05) is 52.0 Å². The largest absolute Gasteiger partial charge is 0.459 e. The van der Waals surface area contributed by atoms with Gasteiger partial charge in [-0.05, 0) is 52.0 Å². The van der Waals surface area contributed by atoms with Crippen molar-refractivity contribution in [3.63, 3.8) is 0 Å². The highest BCUT2D eigenvalue weighted by molar-refractivity contribution is 8.00. The number of nitrogens with two attached hydrogens (primary N) is 1. The van der Waals surface area contributed by atoms with E-state index in [1.54, 1.807) is 0 Å². The molecule has 1 rings (SSSR count). The summed E-state index contributed by atoms with van der Waals surface area (Å²) in [5.41, 5.74) is 5.88. The predicted octanol–water partition coefficient (Wildman–Crippen LogP) is 3.09. The Morgan fingerprint density at radius 1 is 1.29 bits per heavy atom. The van der Waals surface area contributed by atoms with Crippen LogP contribution in [0.3, 0.4) is 0 Å². The molecule has 1 unspecified atom stereocenters. The van der Waals surface area contributed by atoms with Gasteiger partial charge < -0.3 is 10.5 Å². The van der Waals surface area contributed by atoms with Crippen LogP contribution in [0.4, 0.5) is 5.69 Å². The summed E-state index contributed by atoms with van der Waals surface area (Å²) >= 11 is 1.47. The van der Waals surface area contributed by atoms with Crippen molar-refractivity contribution in [2.45, 2.75) is 43.4 Å². The molecule has 0 saturated heterocycles. The maximum absolute atomic E-state index is 11.8. The van der Waals surface area contributed by atoms with Crippen molar-refractivity contribution in [1.82, 2.24) is 0 Å². The van der Waals surface area contributed by atoms with Crippen LogP contribution >= 0.6 is 11.8 Å². The van der Waals surface area contributed by atoms with Crippen molar-refractivity contribution in [3.8, 4) is 0 Å². The molecule has 3 nitrogen and oxygen atoms in total. The number of ether oxygens (including phenoxy) is 1. The molecule has 0 aliphatic heterocycles. The number of nitrogen functional groups attached to an aromatic ring is 1. The van der Waals surface area contributed by atoms with E-state index in [-0.39, 0.29) is 11.2 Å². The average Bonchev–Trinajstić information content (AvgIpc) is 2.19. The van der Waals surface area contributed by atoms with E-state index in [2.05, 4.69) is 0 Å². The van der Waals surface area contributed by atoms with Gasteiger partial charge in [0.05, 0.1) is 0 Å². The summed E-state index contributed by atoms with van der Waals surface area (Å²) in [5.74, 6) is -0.195. The summed E-state index contributed by atoms with van der Waals surface area (Å²) in [7, 11) is 0. The lowest BCUT2D eigenvalue weighted by Gasteiger charge is -2.22. The molecule has 17 heavy (non-hydrogen) atoms. The Kier molecular flexibility index (Phi) is 4.46. The lowest BCUT2D eigenvalue weighted by molar-refractivity contribution is -0.153. The first-order chi connectivity index (χ1) is 7.78. The number of hydrogen-bond acceptors (Lipinski definition) is 4. The molecule has 0 saturated carbocycles. The Bertz CT molecular complexity index is 381. The Morgan fingerprint density at radius 2 is 1.82 bits per heavy atom. The quantitative estimate of drug-likeness (QED) is 0.511. The molecule has 0 heterocycles. The standard InChI is InChI=1S/C13H19NO2S/c1-9(12(15)16-13(2,3)4)17-11-7-5-10(14)6-8-11/h5-9H,14H2,1-4H3. The van der Waals surface area contributed by atoms with Crippen molar-refractivity contribution in [1.29, 1.82) is 0 Å². The van der Waals surface area contributed by atoms with Crippen LogP contribution in [0.15, 0.2) is 29.2 Å².